The lowest BCUT2D eigenvalue weighted by Crippen LogP contribution is -2.43. The summed E-state index contributed by atoms with van der Waals surface area (Å²) in [4.78, 5) is 14.7. The van der Waals surface area contributed by atoms with Crippen LogP contribution in [-0.4, -0.2) is 29.4 Å². The van der Waals surface area contributed by atoms with E-state index >= 15 is 0 Å². The van der Waals surface area contributed by atoms with E-state index in [1.54, 1.807) is 0 Å². The third-order valence-electron chi connectivity index (χ3n) is 4.84. The monoisotopic (exact) mass is 376 g/mol. The smallest absolute Gasteiger partial charge is 0.240 e. The summed E-state index contributed by atoms with van der Waals surface area (Å²) in [5.74, 6) is 0.245. The molecule has 3 rings (SSSR count). The van der Waals surface area contributed by atoms with Crippen LogP contribution in [-0.2, 0) is 11.3 Å². The highest BCUT2D eigenvalue weighted by Gasteiger charge is 2.35. The van der Waals surface area contributed by atoms with Gasteiger partial charge in [-0.15, -0.1) is 12.4 Å². The van der Waals surface area contributed by atoms with E-state index in [4.69, 9.17) is 23.2 Å². The number of amides is 1. The second-order valence-electron chi connectivity index (χ2n) is 6.25. The van der Waals surface area contributed by atoms with E-state index in [1.807, 2.05) is 18.2 Å². The maximum absolute atomic E-state index is 12.6. The Hall–Kier alpha value is -0.480. The van der Waals surface area contributed by atoms with Gasteiger partial charge in [0.05, 0.1) is 6.04 Å². The average molecular weight is 378 g/mol. The normalized spacial score (nSPS) is 22.3. The Morgan fingerprint density at radius 1 is 1.09 bits per heavy atom. The number of halogens is 3. The second-order valence-corrected chi connectivity index (χ2v) is 7.06. The number of rotatable bonds is 4. The van der Waals surface area contributed by atoms with Crippen molar-refractivity contribution in [3.05, 3.63) is 33.8 Å². The third kappa shape index (κ3) is 4.33. The summed E-state index contributed by atoms with van der Waals surface area (Å²) in [5, 5.41) is 4.63. The van der Waals surface area contributed by atoms with Crippen LogP contribution in [0.2, 0.25) is 10.0 Å². The molecule has 1 N–H and O–H groups in total. The molecule has 1 aromatic rings. The molecule has 1 saturated heterocycles. The van der Waals surface area contributed by atoms with Gasteiger partial charge in [-0.05, 0) is 31.4 Å². The van der Waals surface area contributed by atoms with Crippen molar-refractivity contribution in [3.8, 4) is 0 Å². The van der Waals surface area contributed by atoms with Gasteiger partial charge in [-0.25, -0.2) is 0 Å². The van der Waals surface area contributed by atoms with E-state index in [9.17, 15) is 4.79 Å². The minimum atomic E-state index is -0.103. The van der Waals surface area contributed by atoms with Crippen molar-refractivity contribution < 1.29 is 4.79 Å². The molecule has 1 unspecified atom stereocenters. The number of benzene rings is 1. The summed E-state index contributed by atoms with van der Waals surface area (Å²) in [6.07, 6.45) is 7.01. The molecule has 1 aliphatic heterocycles. The van der Waals surface area contributed by atoms with Crippen molar-refractivity contribution in [1.82, 2.24) is 10.2 Å². The first-order valence-electron chi connectivity index (χ1n) is 8.13. The van der Waals surface area contributed by atoms with Crippen LogP contribution in [0.4, 0.5) is 0 Å². The molecule has 2 aliphatic rings. The molecule has 0 spiro atoms. The zero-order valence-electron chi connectivity index (χ0n) is 13.1. The molecule has 1 aliphatic carbocycles. The SMILES string of the molecule is Cl.O=C1C(NCc2c(Cl)cccc2Cl)CCN1C1CCCCC1. The molecule has 0 aromatic heterocycles. The summed E-state index contributed by atoms with van der Waals surface area (Å²) < 4.78 is 0. The number of hydrogen-bond donors (Lipinski definition) is 1. The van der Waals surface area contributed by atoms with Crippen molar-refractivity contribution in [2.75, 3.05) is 6.54 Å². The molecular weight excluding hydrogens is 355 g/mol. The van der Waals surface area contributed by atoms with Crippen LogP contribution in [0, 0.1) is 0 Å². The molecule has 6 heteroatoms. The highest BCUT2D eigenvalue weighted by atomic mass is 35.5. The number of carbonyl (C=O) groups excluding carboxylic acids is 1. The lowest BCUT2D eigenvalue weighted by atomic mass is 9.94. The minimum Gasteiger partial charge on any atom is -0.338 e. The quantitative estimate of drug-likeness (QED) is 0.841. The molecule has 128 valence electrons. The van der Waals surface area contributed by atoms with E-state index in [2.05, 4.69) is 10.2 Å². The van der Waals surface area contributed by atoms with Crippen molar-refractivity contribution in [1.29, 1.82) is 0 Å². The van der Waals surface area contributed by atoms with Gasteiger partial charge < -0.3 is 10.2 Å². The first-order chi connectivity index (χ1) is 10.7. The summed E-state index contributed by atoms with van der Waals surface area (Å²) in [7, 11) is 0. The first-order valence-corrected chi connectivity index (χ1v) is 8.89. The molecule has 3 nitrogen and oxygen atoms in total. The van der Waals surface area contributed by atoms with Crippen molar-refractivity contribution >= 4 is 41.5 Å². The second kappa shape index (κ2) is 8.57. The Balaban J connectivity index is 0.00000192. The number of nitrogens with zero attached hydrogens (tertiary/aromatic N) is 1. The van der Waals surface area contributed by atoms with Crippen LogP contribution in [0.5, 0.6) is 0 Å². The lowest BCUT2D eigenvalue weighted by Gasteiger charge is -2.31. The van der Waals surface area contributed by atoms with Crippen LogP contribution in [0.15, 0.2) is 18.2 Å². The third-order valence-corrected chi connectivity index (χ3v) is 5.55. The Morgan fingerprint density at radius 2 is 1.74 bits per heavy atom. The largest absolute Gasteiger partial charge is 0.338 e. The molecule has 1 amide bonds. The van der Waals surface area contributed by atoms with Crippen molar-refractivity contribution in [2.45, 2.75) is 57.2 Å². The standard InChI is InChI=1S/C17H22Cl2N2O.ClH/c18-14-7-4-8-15(19)13(14)11-20-16-9-10-21(17(16)22)12-5-2-1-3-6-12;/h4,7-8,12,16,20H,1-3,5-6,9-11H2;1H. The number of carbonyl (C=O) groups is 1. The van der Waals surface area contributed by atoms with Crippen LogP contribution >= 0.6 is 35.6 Å². The Bertz CT molecular complexity index is 526. The molecule has 0 bridgehead atoms. The Morgan fingerprint density at radius 3 is 2.39 bits per heavy atom. The molecule has 1 heterocycles. The van der Waals surface area contributed by atoms with E-state index in [0.29, 0.717) is 22.6 Å². The summed E-state index contributed by atoms with van der Waals surface area (Å²) in [6.45, 7) is 1.41. The highest BCUT2D eigenvalue weighted by Crippen LogP contribution is 2.28. The Kier molecular flexibility index (Phi) is 7.02. The van der Waals surface area contributed by atoms with Gasteiger partial charge in [0.25, 0.3) is 0 Å². The summed E-state index contributed by atoms with van der Waals surface area (Å²) in [5.41, 5.74) is 0.870. The summed E-state index contributed by atoms with van der Waals surface area (Å²) >= 11 is 12.4. The number of nitrogens with one attached hydrogen (secondary N) is 1. The van der Waals surface area contributed by atoms with Crippen LogP contribution in [0.3, 0.4) is 0 Å². The minimum absolute atomic E-state index is 0. The first kappa shape index (κ1) is 18.9. The fraction of sp³-hybridized carbons (Fsp3) is 0.588. The molecule has 0 radical (unpaired) electrons. The van der Waals surface area contributed by atoms with Crippen LogP contribution in [0.1, 0.15) is 44.1 Å². The molecular formula is C17H23Cl3N2O. The van der Waals surface area contributed by atoms with Crippen molar-refractivity contribution in [2.24, 2.45) is 0 Å². The fourth-order valence-electron chi connectivity index (χ4n) is 3.57. The molecule has 1 atom stereocenters. The molecule has 2 fully saturated rings. The van der Waals surface area contributed by atoms with Gasteiger partial charge >= 0.3 is 0 Å². The van der Waals surface area contributed by atoms with Gasteiger partial charge in [-0.2, -0.15) is 0 Å². The number of hydrogen-bond acceptors (Lipinski definition) is 2. The molecule has 23 heavy (non-hydrogen) atoms. The fourth-order valence-corrected chi connectivity index (χ4v) is 4.10. The molecule has 1 saturated carbocycles. The highest BCUT2D eigenvalue weighted by molar-refractivity contribution is 6.35. The van der Waals surface area contributed by atoms with E-state index < -0.39 is 0 Å². The van der Waals surface area contributed by atoms with E-state index in [0.717, 1.165) is 31.4 Å². The average Bonchev–Trinajstić information content (AvgIpc) is 2.89. The van der Waals surface area contributed by atoms with Gasteiger partial charge in [-0.3, -0.25) is 4.79 Å². The maximum Gasteiger partial charge on any atom is 0.240 e. The summed E-state index contributed by atoms with van der Waals surface area (Å²) in [6, 6.07) is 5.84. The zero-order chi connectivity index (χ0) is 15.5. The lowest BCUT2D eigenvalue weighted by molar-refractivity contribution is -0.131. The van der Waals surface area contributed by atoms with E-state index in [1.165, 1.54) is 19.3 Å². The number of likely N-dealkylation sites (tertiary alicyclic amines) is 1. The maximum atomic E-state index is 12.6. The van der Waals surface area contributed by atoms with Crippen LogP contribution in [0.25, 0.3) is 0 Å². The Labute approximate surface area is 154 Å². The van der Waals surface area contributed by atoms with Crippen LogP contribution < -0.4 is 5.32 Å². The molecule has 1 aromatic carbocycles. The van der Waals surface area contributed by atoms with Gasteiger partial charge in [0.1, 0.15) is 0 Å². The van der Waals surface area contributed by atoms with Gasteiger partial charge in [0.15, 0.2) is 0 Å². The predicted octanol–water partition coefficient (Wildman–Crippen LogP) is 4.44. The van der Waals surface area contributed by atoms with Gasteiger partial charge in [0.2, 0.25) is 5.91 Å². The topological polar surface area (TPSA) is 32.3 Å². The predicted molar refractivity (Wildman–Crippen MR) is 97.5 cm³/mol. The van der Waals surface area contributed by atoms with Gasteiger partial charge in [-0.1, -0.05) is 48.5 Å². The zero-order valence-corrected chi connectivity index (χ0v) is 15.4. The van der Waals surface area contributed by atoms with Crippen molar-refractivity contribution in [3.63, 3.8) is 0 Å². The van der Waals surface area contributed by atoms with E-state index in [-0.39, 0.29) is 24.4 Å². The van der Waals surface area contributed by atoms with Gasteiger partial charge in [0, 0.05) is 34.7 Å².